The summed E-state index contributed by atoms with van der Waals surface area (Å²) >= 11 is 0. The Bertz CT molecular complexity index is 1390. The van der Waals surface area contributed by atoms with E-state index in [2.05, 4.69) is 0 Å². The molecule has 1 aliphatic rings. The topological polar surface area (TPSA) is 77.9 Å². The Morgan fingerprint density at radius 3 is 2.17 bits per heavy atom. The number of rotatable bonds is 5. The van der Waals surface area contributed by atoms with Gasteiger partial charge in [0.05, 0.1) is 17.2 Å². The number of anilines is 1. The fourth-order valence-corrected chi connectivity index (χ4v) is 4.75. The highest BCUT2D eigenvalue weighted by Crippen LogP contribution is 2.31. The van der Waals surface area contributed by atoms with Gasteiger partial charge in [-0.25, -0.2) is 21.6 Å². The number of hydrogen-bond acceptors (Lipinski definition) is 5. The standard InChI is InChI=1S/C25H23F3N2O4S/c1-35(33,34)18-4-6-19(20-5-3-17(26)13-22(20)27)21(14-18)25(32)30-10-8-29(9-11-30)24-7-2-16(15-31)12-23(24)28/h2-7,12-14,31H,8-11,15H2,1H3. The smallest absolute Gasteiger partial charge is 0.254 e. The van der Waals surface area contributed by atoms with Gasteiger partial charge in [0, 0.05) is 49.6 Å². The maximum atomic E-state index is 14.5. The van der Waals surface area contributed by atoms with Crippen molar-refractivity contribution in [1.29, 1.82) is 0 Å². The molecule has 0 radical (unpaired) electrons. The average molecular weight is 505 g/mol. The molecule has 0 aliphatic carbocycles. The largest absolute Gasteiger partial charge is 0.392 e. The first kappa shape index (κ1) is 24.7. The first-order valence-corrected chi connectivity index (χ1v) is 12.7. The molecule has 1 aliphatic heterocycles. The van der Waals surface area contributed by atoms with Crippen molar-refractivity contribution in [3.05, 3.63) is 83.2 Å². The molecule has 0 bridgehead atoms. The Labute approximate surface area is 201 Å². The highest BCUT2D eigenvalue weighted by molar-refractivity contribution is 7.90. The average Bonchev–Trinajstić information content (AvgIpc) is 2.83. The van der Waals surface area contributed by atoms with E-state index in [9.17, 15) is 26.4 Å². The van der Waals surface area contributed by atoms with Crippen molar-refractivity contribution < 1.29 is 31.5 Å². The van der Waals surface area contributed by atoms with Crippen molar-refractivity contribution in [2.45, 2.75) is 11.5 Å². The predicted octanol–water partition coefficient (Wildman–Crippen LogP) is 3.63. The van der Waals surface area contributed by atoms with Crippen LogP contribution in [0, 0.1) is 17.5 Å². The van der Waals surface area contributed by atoms with E-state index in [4.69, 9.17) is 5.11 Å². The molecule has 35 heavy (non-hydrogen) atoms. The maximum Gasteiger partial charge on any atom is 0.254 e. The molecule has 3 aromatic rings. The molecule has 10 heteroatoms. The number of sulfone groups is 1. The SMILES string of the molecule is CS(=O)(=O)c1ccc(-c2ccc(F)cc2F)c(C(=O)N2CCN(c3ccc(CO)cc3F)CC2)c1. The number of hydrogen-bond donors (Lipinski definition) is 1. The number of piperazine rings is 1. The minimum Gasteiger partial charge on any atom is -0.392 e. The fraction of sp³-hybridized carbons (Fsp3) is 0.240. The third kappa shape index (κ3) is 5.18. The quantitative estimate of drug-likeness (QED) is 0.574. The van der Waals surface area contributed by atoms with E-state index in [1.807, 2.05) is 0 Å². The van der Waals surface area contributed by atoms with Gasteiger partial charge in [-0.1, -0.05) is 12.1 Å². The molecular formula is C25H23F3N2O4S. The summed E-state index contributed by atoms with van der Waals surface area (Å²) in [7, 11) is -3.65. The molecule has 0 atom stereocenters. The third-order valence-electron chi connectivity index (χ3n) is 5.97. The minimum atomic E-state index is -3.65. The number of carbonyl (C=O) groups excluding carboxylic acids is 1. The summed E-state index contributed by atoms with van der Waals surface area (Å²) in [6.07, 6.45) is 1.00. The van der Waals surface area contributed by atoms with Gasteiger partial charge < -0.3 is 14.9 Å². The number of halogens is 3. The molecular weight excluding hydrogens is 481 g/mol. The molecule has 1 amide bonds. The van der Waals surface area contributed by atoms with E-state index < -0.39 is 33.2 Å². The molecule has 184 valence electrons. The van der Waals surface area contributed by atoms with Gasteiger partial charge in [-0.15, -0.1) is 0 Å². The predicted molar refractivity (Wildman–Crippen MR) is 125 cm³/mol. The molecule has 0 spiro atoms. The van der Waals surface area contributed by atoms with Crippen LogP contribution in [0.4, 0.5) is 18.9 Å². The van der Waals surface area contributed by atoms with Crippen molar-refractivity contribution >= 4 is 21.4 Å². The molecule has 0 saturated carbocycles. The normalized spacial score (nSPS) is 14.3. The van der Waals surface area contributed by atoms with Crippen molar-refractivity contribution in [2.24, 2.45) is 0 Å². The van der Waals surface area contributed by atoms with Gasteiger partial charge in [0.1, 0.15) is 17.5 Å². The molecule has 0 aromatic heterocycles. The van der Waals surface area contributed by atoms with Gasteiger partial charge in [0.25, 0.3) is 5.91 Å². The van der Waals surface area contributed by atoms with E-state index in [0.717, 1.165) is 12.3 Å². The number of amides is 1. The lowest BCUT2D eigenvalue weighted by atomic mass is 9.98. The number of benzene rings is 3. The van der Waals surface area contributed by atoms with Gasteiger partial charge in [-0.3, -0.25) is 4.79 Å². The Hall–Kier alpha value is -3.37. The van der Waals surface area contributed by atoms with Crippen LogP contribution in [-0.4, -0.2) is 56.8 Å². The van der Waals surface area contributed by atoms with Crippen LogP contribution >= 0.6 is 0 Å². The molecule has 1 heterocycles. The summed E-state index contributed by atoms with van der Waals surface area (Å²) in [5, 5.41) is 9.17. The second-order valence-corrected chi connectivity index (χ2v) is 10.3. The van der Waals surface area contributed by atoms with Crippen molar-refractivity contribution in [3.63, 3.8) is 0 Å². The lowest BCUT2D eigenvalue weighted by molar-refractivity contribution is 0.0747. The van der Waals surface area contributed by atoms with Crippen LogP contribution in [0.2, 0.25) is 0 Å². The lowest BCUT2D eigenvalue weighted by Gasteiger charge is -2.36. The van der Waals surface area contributed by atoms with Crippen LogP contribution in [0.3, 0.4) is 0 Å². The van der Waals surface area contributed by atoms with Gasteiger partial charge in [-0.2, -0.15) is 0 Å². The van der Waals surface area contributed by atoms with Crippen molar-refractivity contribution in [1.82, 2.24) is 4.90 Å². The minimum absolute atomic E-state index is 0.0228. The van der Waals surface area contributed by atoms with Crippen LogP contribution in [0.1, 0.15) is 15.9 Å². The molecule has 4 rings (SSSR count). The summed E-state index contributed by atoms with van der Waals surface area (Å²) < 4.78 is 66.7. The van der Waals surface area contributed by atoms with Crippen LogP contribution < -0.4 is 4.90 Å². The van der Waals surface area contributed by atoms with E-state index in [1.165, 1.54) is 35.2 Å². The third-order valence-corrected chi connectivity index (χ3v) is 7.08. The summed E-state index contributed by atoms with van der Waals surface area (Å²) in [5.74, 6) is -2.64. The zero-order valence-corrected chi connectivity index (χ0v) is 19.7. The van der Waals surface area contributed by atoms with Gasteiger partial charge in [0.15, 0.2) is 9.84 Å². The molecule has 0 unspecified atom stereocenters. The number of aliphatic hydroxyl groups is 1. The Morgan fingerprint density at radius 2 is 1.57 bits per heavy atom. The summed E-state index contributed by atoms with van der Waals surface area (Å²) in [6.45, 7) is 0.784. The Balaban J connectivity index is 1.63. The highest BCUT2D eigenvalue weighted by atomic mass is 32.2. The zero-order valence-electron chi connectivity index (χ0n) is 18.8. The zero-order chi connectivity index (χ0) is 25.3. The second kappa shape index (κ2) is 9.71. The second-order valence-electron chi connectivity index (χ2n) is 8.33. The van der Waals surface area contributed by atoms with E-state index >= 15 is 0 Å². The Kier molecular flexibility index (Phi) is 6.86. The van der Waals surface area contributed by atoms with Crippen molar-refractivity contribution in [3.8, 4) is 11.1 Å². The van der Waals surface area contributed by atoms with E-state index in [1.54, 1.807) is 17.0 Å². The summed E-state index contributed by atoms with van der Waals surface area (Å²) in [6, 6.07) is 11.2. The number of aliphatic hydroxyl groups excluding tert-OH is 1. The number of carbonyl (C=O) groups is 1. The maximum absolute atomic E-state index is 14.5. The first-order chi connectivity index (χ1) is 16.6. The van der Waals surface area contributed by atoms with Crippen LogP contribution in [-0.2, 0) is 16.4 Å². The molecule has 1 N–H and O–H groups in total. The summed E-state index contributed by atoms with van der Waals surface area (Å²) in [4.78, 5) is 16.6. The van der Waals surface area contributed by atoms with E-state index in [0.29, 0.717) is 30.4 Å². The summed E-state index contributed by atoms with van der Waals surface area (Å²) in [5.41, 5.74) is 0.895. The van der Waals surface area contributed by atoms with Gasteiger partial charge >= 0.3 is 0 Å². The van der Waals surface area contributed by atoms with Crippen LogP contribution in [0.25, 0.3) is 11.1 Å². The highest BCUT2D eigenvalue weighted by Gasteiger charge is 2.27. The first-order valence-electron chi connectivity index (χ1n) is 10.8. The Morgan fingerprint density at radius 1 is 0.886 bits per heavy atom. The molecule has 6 nitrogen and oxygen atoms in total. The van der Waals surface area contributed by atoms with Crippen molar-refractivity contribution in [2.75, 3.05) is 37.3 Å². The molecule has 1 fully saturated rings. The van der Waals surface area contributed by atoms with E-state index in [-0.39, 0.29) is 41.3 Å². The van der Waals surface area contributed by atoms with Crippen LogP contribution in [0.5, 0.6) is 0 Å². The molecule has 3 aromatic carbocycles. The van der Waals surface area contributed by atoms with Gasteiger partial charge in [0.2, 0.25) is 0 Å². The van der Waals surface area contributed by atoms with Crippen LogP contribution in [0.15, 0.2) is 59.5 Å². The monoisotopic (exact) mass is 504 g/mol. The number of nitrogens with zero attached hydrogens (tertiary/aromatic N) is 2. The fourth-order valence-electron chi connectivity index (χ4n) is 4.10. The lowest BCUT2D eigenvalue weighted by Crippen LogP contribution is -2.49. The van der Waals surface area contributed by atoms with Gasteiger partial charge in [-0.05, 0) is 47.5 Å². The molecule has 1 saturated heterocycles.